The third-order valence-electron chi connectivity index (χ3n) is 2.59. The molecule has 0 aliphatic heterocycles. The molecule has 0 atom stereocenters. The molecule has 0 spiro atoms. The van der Waals surface area contributed by atoms with E-state index in [2.05, 4.69) is 40.1 Å². The largest absolute Gasteiger partial charge is 0.443 e. The van der Waals surface area contributed by atoms with Gasteiger partial charge in [-0.05, 0) is 24.6 Å². The first-order valence-corrected chi connectivity index (χ1v) is 6.85. The smallest absolute Gasteiger partial charge is 0.181 e. The lowest BCUT2D eigenvalue weighted by atomic mass is 10.1. The maximum absolute atomic E-state index is 5.48. The molecule has 2 rings (SSSR count). The van der Waals surface area contributed by atoms with Crippen LogP contribution in [0.3, 0.4) is 0 Å². The highest BCUT2D eigenvalue weighted by Crippen LogP contribution is 2.24. The minimum atomic E-state index is 0.632. The molecule has 0 aliphatic carbocycles. The molecule has 2 aromatic rings. The summed E-state index contributed by atoms with van der Waals surface area (Å²) < 4.78 is 6.54. The van der Waals surface area contributed by atoms with Crippen molar-refractivity contribution in [1.29, 1.82) is 0 Å². The zero-order chi connectivity index (χ0) is 13.0. The Balaban J connectivity index is 2.10. The second-order valence-corrected chi connectivity index (χ2v) is 5.58. The summed E-state index contributed by atoms with van der Waals surface area (Å²) in [6.45, 7) is 6.09. The van der Waals surface area contributed by atoms with Gasteiger partial charge in [0.25, 0.3) is 0 Å². The van der Waals surface area contributed by atoms with Crippen LogP contribution in [0, 0.1) is 5.92 Å². The van der Waals surface area contributed by atoms with E-state index in [1.54, 1.807) is 0 Å². The quantitative estimate of drug-likeness (QED) is 0.911. The van der Waals surface area contributed by atoms with Gasteiger partial charge in [0.1, 0.15) is 5.69 Å². The maximum Gasteiger partial charge on any atom is 0.181 e. The molecule has 1 heterocycles. The number of nitrogens with one attached hydrogen (secondary N) is 1. The fraction of sp³-hybridized carbons (Fsp3) is 0.357. The van der Waals surface area contributed by atoms with Gasteiger partial charge < -0.3 is 9.73 Å². The monoisotopic (exact) mass is 308 g/mol. The van der Waals surface area contributed by atoms with E-state index in [0.717, 1.165) is 34.6 Å². The highest BCUT2D eigenvalue weighted by Gasteiger charge is 2.10. The van der Waals surface area contributed by atoms with Crippen molar-refractivity contribution in [2.24, 2.45) is 5.92 Å². The fourth-order valence-electron chi connectivity index (χ4n) is 1.71. The lowest BCUT2D eigenvalue weighted by Crippen LogP contribution is -2.19. The zero-order valence-electron chi connectivity index (χ0n) is 10.6. The summed E-state index contributed by atoms with van der Waals surface area (Å²) in [6.07, 6.45) is 1.50. The second kappa shape index (κ2) is 6.16. The summed E-state index contributed by atoms with van der Waals surface area (Å²) in [5.74, 6) is 1.48. The van der Waals surface area contributed by atoms with Crippen LogP contribution in [0.1, 0.15) is 19.5 Å². The molecule has 18 heavy (non-hydrogen) atoms. The molecule has 1 N–H and O–H groups in total. The maximum atomic E-state index is 5.48. The van der Waals surface area contributed by atoms with Crippen LogP contribution in [0.15, 0.2) is 39.5 Å². The highest BCUT2D eigenvalue weighted by molar-refractivity contribution is 9.10. The van der Waals surface area contributed by atoms with Crippen molar-refractivity contribution in [3.63, 3.8) is 0 Å². The van der Waals surface area contributed by atoms with Crippen molar-refractivity contribution in [1.82, 2.24) is 10.3 Å². The van der Waals surface area contributed by atoms with Crippen molar-refractivity contribution < 1.29 is 4.42 Å². The molecule has 0 bridgehead atoms. The Bertz CT molecular complexity index is 491. The number of benzene rings is 1. The highest BCUT2D eigenvalue weighted by atomic mass is 79.9. The van der Waals surface area contributed by atoms with Gasteiger partial charge in [-0.3, -0.25) is 0 Å². The van der Waals surface area contributed by atoms with Gasteiger partial charge in [-0.1, -0.05) is 41.9 Å². The summed E-state index contributed by atoms with van der Waals surface area (Å²) in [6, 6.07) is 8.06. The van der Waals surface area contributed by atoms with E-state index in [9.17, 15) is 0 Å². The summed E-state index contributed by atoms with van der Waals surface area (Å²) in [5, 5.41) is 3.38. The Kier molecular flexibility index (Phi) is 4.55. The minimum absolute atomic E-state index is 0.632. The molecule has 1 aromatic carbocycles. The molecular formula is C14H17BrN2O. The van der Waals surface area contributed by atoms with Crippen LogP contribution in [0.2, 0.25) is 0 Å². The van der Waals surface area contributed by atoms with Crippen LogP contribution in [0.4, 0.5) is 0 Å². The number of rotatable bonds is 5. The van der Waals surface area contributed by atoms with E-state index < -0.39 is 0 Å². The minimum Gasteiger partial charge on any atom is -0.443 e. The number of oxazole rings is 1. The molecule has 0 radical (unpaired) electrons. The molecule has 1 aromatic heterocycles. The van der Waals surface area contributed by atoms with E-state index >= 15 is 0 Å². The molecule has 96 valence electrons. The molecule has 0 unspecified atom stereocenters. The van der Waals surface area contributed by atoms with E-state index in [1.807, 2.05) is 24.3 Å². The van der Waals surface area contributed by atoms with Crippen LogP contribution in [-0.2, 0) is 6.54 Å². The van der Waals surface area contributed by atoms with Gasteiger partial charge in [0.05, 0.1) is 0 Å². The van der Waals surface area contributed by atoms with Gasteiger partial charge in [-0.15, -0.1) is 0 Å². The van der Waals surface area contributed by atoms with E-state index in [-0.39, 0.29) is 0 Å². The molecule has 0 amide bonds. The van der Waals surface area contributed by atoms with Gasteiger partial charge in [0, 0.05) is 16.6 Å². The van der Waals surface area contributed by atoms with Crippen molar-refractivity contribution in [2.45, 2.75) is 20.4 Å². The Hall–Kier alpha value is -1.13. The number of hydrogen-bond donors (Lipinski definition) is 1. The summed E-state index contributed by atoms with van der Waals surface area (Å²) in [5.41, 5.74) is 2.01. The third kappa shape index (κ3) is 3.43. The SMILES string of the molecule is CC(C)CNCc1ncoc1-c1ccc(Br)cc1. The Morgan fingerprint density at radius 1 is 1.28 bits per heavy atom. The fourth-order valence-corrected chi connectivity index (χ4v) is 1.97. The van der Waals surface area contributed by atoms with Crippen molar-refractivity contribution in [3.8, 4) is 11.3 Å². The topological polar surface area (TPSA) is 38.1 Å². The normalized spacial score (nSPS) is 11.1. The van der Waals surface area contributed by atoms with Gasteiger partial charge in [0.15, 0.2) is 12.2 Å². The Labute approximate surface area is 116 Å². The molecule has 0 aliphatic rings. The number of halogens is 1. The van der Waals surface area contributed by atoms with Crippen LogP contribution in [0.25, 0.3) is 11.3 Å². The molecule has 0 fully saturated rings. The zero-order valence-corrected chi connectivity index (χ0v) is 12.2. The molecule has 0 saturated heterocycles. The van der Waals surface area contributed by atoms with Gasteiger partial charge >= 0.3 is 0 Å². The Morgan fingerprint density at radius 2 is 2.00 bits per heavy atom. The second-order valence-electron chi connectivity index (χ2n) is 4.66. The average molecular weight is 309 g/mol. The standard InChI is InChI=1S/C14H17BrN2O/c1-10(2)7-16-8-13-14(18-9-17-13)11-3-5-12(15)6-4-11/h3-6,9-10,16H,7-8H2,1-2H3. The Morgan fingerprint density at radius 3 is 2.67 bits per heavy atom. The van der Waals surface area contributed by atoms with E-state index in [0.29, 0.717) is 5.92 Å². The van der Waals surface area contributed by atoms with Crippen molar-refractivity contribution >= 4 is 15.9 Å². The van der Waals surface area contributed by atoms with Crippen LogP contribution >= 0.6 is 15.9 Å². The van der Waals surface area contributed by atoms with Crippen molar-refractivity contribution in [2.75, 3.05) is 6.54 Å². The van der Waals surface area contributed by atoms with Crippen LogP contribution in [-0.4, -0.2) is 11.5 Å². The van der Waals surface area contributed by atoms with Crippen molar-refractivity contribution in [3.05, 3.63) is 40.8 Å². The molecule has 0 saturated carbocycles. The third-order valence-corrected chi connectivity index (χ3v) is 3.12. The first kappa shape index (κ1) is 13.3. The molecule has 3 nitrogen and oxygen atoms in total. The number of hydrogen-bond acceptors (Lipinski definition) is 3. The van der Waals surface area contributed by atoms with Gasteiger partial charge in [-0.25, -0.2) is 4.98 Å². The molecular weight excluding hydrogens is 292 g/mol. The first-order chi connectivity index (χ1) is 8.66. The summed E-state index contributed by atoms with van der Waals surface area (Å²) in [7, 11) is 0. The predicted molar refractivity (Wildman–Crippen MR) is 76.2 cm³/mol. The lowest BCUT2D eigenvalue weighted by molar-refractivity contribution is 0.545. The number of nitrogens with zero attached hydrogens (tertiary/aromatic N) is 1. The number of aromatic nitrogens is 1. The van der Waals surface area contributed by atoms with Gasteiger partial charge in [0.2, 0.25) is 0 Å². The molecule has 4 heteroatoms. The average Bonchev–Trinajstić information content (AvgIpc) is 2.78. The predicted octanol–water partition coefficient (Wildman–Crippen LogP) is 3.85. The van der Waals surface area contributed by atoms with Crippen LogP contribution in [0.5, 0.6) is 0 Å². The summed E-state index contributed by atoms with van der Waals surface area (Å²) in [4.78, 5) is 4.27. The summed E-state index contributed by atoms with van der Waals surface area (Å²) >= 11 is 3.43. The first-order valence-electron chi connectivity index (χ1n) is 6.06. The lowest BCUT2D eigenvalue weighted by Gasteiger charge is -2.06. The van der Waals surface area contributed by atoms with E-state index in [4.69, 9.17) is 4.42 Å². The van der Waals surface area contributed by atoms with E-state index in [1.165, 1.54) is 6.39 Å². The van der Waals surface area contributed by atoms with Gasteiger partial charge in [-0.2, -0.15) is 0 Å². The van der Waals surface area contributed by atoms with Crippen LogP contribution < -0.4 is 5.32 Å².